The molecule has 0 unspecified atom stereocenters. The predicted octanol–water partition coefficient (Wildman–Crippen LogP) is 1.74. The van der Waals surface area contributed by atoms with Gasteiger partial charge >= 0.3 is 0 Å². The maximum atomic E-state index is 12.5. The molecule has 0 aliphatic carbocycles. The molecule has 1 saturated heterocycles. The molecule has 1 amide bonds. The Kier molecular flexibility index (Phi) is 5.89. The number of aromatic nitrogens is 4. The Morgan fingerprint density at radius 1 is 1.10 bits per heavy atom. The lowest BCUT2D eigenvalue weighted by Crippen LogP contribution is -2.48. The number of aryl methyl sites for hydroxylation is 1. The standard InChI is InChI=1S/C21H25N7O2/c1-16-13-17(7-8-18(16)28-15-22-24-25-28)23-21(29)14-26-9-11-27(12-10-26)19-5-3-4-6-20(19)30-2/h3-8,13,15H,9-12,14H2,1-2H3,(H,23,29). The molecule has 0 bridgehead atoms. The molecule has 156 valence electrons. The number of nitrogens with zero attached hydrogens (tertiary/aromatic N) is 6. The average molecular weight is 407 g/mol. The van der Waals surface area contributed by atoms with Gasteiger partial charge in [-0.3, -0.25) is 9.69 Å². The van der Waals surface area contributed by atoms with Gasteiger partial charge in [0.25, 0.3) is 0 Å². The second-order valence-corrected chi connectivity index (χ2v) is 7.24. The predicted molar refractivity (Wildman–Crippen MR) is 114 cm³/mol. The fraction of sp³-hybridized carbons (Fsp3) is 0.333. The summed E-state index contributed by atoms with van der Waals surface area (Å²) in [4.78, 5) is 17.0. The molecular weight excluding hydrogens is 382 g/mol. The molecule has 0 radical (unpaired) electrons. The van der Waals surface area contributed by atoms with Gasteiger partial charge in [-0.1, -0.05) is 12.1 Å². The van der Waals surface area contributed by atoms with Gasteiger partial charge in [-0.2, -0.15) is 0 Å². The summed E-state index contributed by atoms with van der Waals surface area (Å²) in [6.45, 7) is 5.68. The van der Waals surface area contributed by atoms with Crippen LogP contribution in [0, 0.1) is 6.92 Å². The van der Waals surface area contributed by atoms with E-state index in [-0.39, 0.29) is 5.91 Å². The van der Waals surface area contributed by atoms with Gasteiger partial charge in [0.1, 0.15) is 12.1 Å². The van der Waals surface area contributed by atoms with Crippen molar-refractivity contribution in [3.8, 4) is 11.4 Å². The quantitative estimate of drug-likeness (QED) is 0.666. The van der Waals surface area contributed by atoms with Crippen molar-refractivity contribution < 1.29 is 9.53 Å². The highest BCUT2D eigenvalue weighted by molar-refractivity contribution is 5.92. The van der Waals surface area contributed by atoms with Crippen LogP contribution >= 0.6 is 0 Å². The molecule has 1 aromatic heterocycles. The Hall–Kier alpha value is -3.46. The number of nitrogens with one attached hydrogen (secondary N) is 1. The lowest BCUT2D eigenvalue weighted by molar-refractivity contribution is -0.117. The van der Waals surface area contributed by atoms with Crippen molar-refractivity contribution in [2.45, 2.75) is 6.92 Å². The molecule has 1 N–H and O–H groups in total. The first-order valence-corrected chi connectivity index (χ1v) is 9.88. The van der Waals surface area contributed by atoms with Gasteiger partial charge in [-0.25, -0.2) is 4.68 Å². The number of methoxy groups -OCH3 is 1. The first-order chi connectivity index (χ1) is 14.6. The number of benzene rings is 2. The van der Waals surface area contributed by atoms with Crippen LogP contribution in [-0.2, 0) is 4.79 Å². The van der Waals surface area contributed by atoms with E-state index in [1.54, 1.807) is 18.1 Å². The van der Waals surface area contributed by atoms with Crippen LogP contribution in [0.25, 0.3) is 5.69 Å². The number of ether oxygens (including phenoxy) is 1. The topological polar surface area (TPSA) is 88.4 Å². The second kappa shape index (κ2) is 8.91. The van der Waals surface area contributed by atoms with Crippen LogP contribution in [0.15, 0.2) is 48.8 Å². The zero-order valence-corrected chi connectivity index (χ0v) is 17.2. The zero-order chi connectivity index (χ0) is 20.9. The van der Waals surface area contributed by atoms with Crippen molar-refractivity contribution >= 4 is 17.3 Å². The lowest BCUT2D eigenvalue weighted by atomic mass is 10.1. The number of carbonyl (C=O) groups excluding carboxylic acids is 1. The second-order valence-electron chi connectivity index (χ2n) is 7.24. The summed E-state index contributed by atoms with van der Waals surface area (Å²) >= 11 is 0. The van der Waals surface area contributed by atoms with Crippen LogP contribution in [0.3, 0.4) is 0 Å². The number of tetrazole rings is 1. The molecule has 9 nitrogen and oxygen atoms in total. The Balaban J connectivity index is 1.31. The SMILES string of the molecule is COc1ccccc1N1CCN(CC(=O)Nc2ccc(-n3cnnn3)c(C)c2)CC1. The summed E-state index contributed by atoms with van der Waals surface area (Å²) in [5.41, 5.74) is 3.72. The fourth-order valence-electron chi connectivity index (χ4n) is 3.70. The van der Waals surface area contributed by atoms with Crippen LogP contribution in [0.2, 0.25) is 0 Å². The Morgan fingerprint density at radius 3 is 2.60 bits per heavy atom. The number of carbonyl (C=O) groups is 1. The van der Waals surface area contributed by atoms with Crippen molar-refractivity contribution in [2.24, 2.45) is 0 Å². The van der Waals surface area contributed by atoms with Crippen LogP contribution in [-0.4, -0.2) is 70.8 Å². The van der Waals surface area contributed by atoms with Crippen LogP contribution in [0.5, 0.6) is 5.75 Å². The fourth-order valence-corrected chi connectivity index (χ4v) is 3.70. The first kappa shape index (κ1) is 19.8. The van der Waals surface area contributed by atoms with E-state index in [1.165, 1.54) is 0 Å². The van der Waals surface area contributed by atoms with E-state index in [4.69, 9.17) is 4.74 Å². The van der Waals surface area contributed by atoms with Crippen molar-refractivity contribution in [2.75, 3.05) is 50.1 Å². The van der Waals surface area contributed by atoms with Crippen molar-refractivity contribution in [1.29, 1.82) is 0 Å². The number of amides is 1. The summed E-state index contributed by atoms with van der Waals surface area (Å²) in [5, 5.41) is 14.2. The van der Waals surface area contributed by atoms with E-state index in [0.717, 1.165) is 54.6 Å². The molecule has 1 aliphatic heterocycles. The molecule has 30 heavy (non-hydrogen) atoms. The third-order valence-electron chi connectivity index (χ3n) is 5.24. The number of piperazine rings is 1. The number of hydrogen-bond donors (Lipinski definition) is 1. The van der Waals surface area contributed by atoms with Gasteiger partial charge in [0.2, 0.25) is 5.91 Å². The number of hydrogen-bond acceptors (Lipinski definition) is 7. The summed E-state index contributed by atoms with van der Waals surface area (Å²) in [5.74, 6) is 0.861. The minimum absolute atomic E-state index is 0.0182. The van der Waals surface area contributed by atoms with Gasteiger partial charge in [-0.05, 0) is 53.2 Å². The molecule has 4 rings (SSSR count). The molecule has 3 aromatic rings. The van der Waals surface area contributed by atoms with Gasteiger partial charge < -0.3 is 15.0 Å². The Morgan fingerprint density at radius 2 is 1.90 bits per heavy atom. The summed E-state index contributed by atoms with van der Waals surface area (Å²) in [6.07, 6.45) is 1.55. The monoisotopic (exact) mass is 407 g/mol. The maximum Gasteiger partial charge on any atom is 0.238 e. The third kappa shape index (κ3) is 4.41. The van der Waals surface area contributed by atoms with E-state index in [0.29, 0.717) is 6.54 Å². The minimum atomic E-state index is -0.0182. The van der Waals surface area contributed by atoms with Crippen molar-refractivity contribution in [3.05, 3.63) is 54.4 Å². The highest BCUT2D eigenvalue weighted by atomic mass is 16.5. The smallest absolute Gasteiger partial charge is 0.238 e. The van der Waals surface area contributed by atoms with E-state index >= 15 is 0 Å². The van der Waals surface area contributed by atoms with E-state index in [2.05, 4.69) is 36.7 Å². The Labute approximate surface area is 175 Å². The highest BCUT2D eigenvalue weighted by Gasteiger charge is 2.21. The van der Waals surface area contributed by atoms with Crippen LogP contribution in [0.1, 0.15) is 5.56 Å². The summed E-state index contributed by atoms with van der Waals surface area (Å²) in [7, 11) is 1.69. The van der Waals surface area contributed by atoms with Crippen LogP contribution in [0.4, 0.5) is 11.4 Å². The van der Waals surface area contributed by atoms with Crippen molar-refractivity contribution in [3.63, 3.8) is 0 Å². The molecule has 0 saturated carbocycles. The number of rotatable bonds is 6. The van der Waals surface area contributed by atoms with Crippen molar-refractivity contribution in [1.82, 2.24) is 25.1 Å². The van der Waals surface area contributed by atoms with Gasteiger partial charge in [0.05, 0.1) is 25.0 Å². The molecule has 9 heteroatoms. The molecular formula is C21H25N7O2. The molecule has 2 aromatic carbocycles. The molecule has 1 aliphatic rings. The summed E-state index contributed by atoms with van der Waals surface area (Å²) in [6, 6.07) is 13.7. The molecule has 0 atom stereocenters. The van der Waals surface area contributed by atoms with E-state index in [1.807, 2.05) is 43.3 Å². The number of anilines is 2. The van der Waals surface area contributed by atoms with E-state index < -0.39 is 0 Å². The third-order valence-corrected chi connectivity index (χ3v) is 5.24. The summed E-state index contributed by atoms with van der Waals surface area (Å²) < 4.78 is 7.07. The maximum absolute atomic E-state index is 12.5. The minimum Gasteiger partial charge on any atom is -0.495 e. The van der Waals surface area contributed by atoms with E-state index in [9.17, 15) is 4.79 Å². The zero-order valence-electron chi connectivity index (χ0n) is 17.2. The lowest BCUT2D eigenvalue weighted by Gasteiger charge is -2.36. The average Bonchev–Trinajstić information content (AvgIpc) is 3.29. The largest absolute Gasteiger partial charge is 0.495 e. The van der Waals surface area contributed by atoms with Gasteiger partial charge in [-0.15, -0.1) is 5.10 Å². The molecule has 1 fully saturated rings. The van der Waals surface area contributed by atoms with Gasteiger partial charge in [0.15, 0.2) is 0 Å². The molecule has 2 heterocycles. The van der Waals surface area contributed by atoms with Crippen LogP contribution < -0.4 is 15.0 Å². The normalized spacial score (nSPS) is 14.5. The Bertz CT molecular complexity index is 998. The highest BCUT2D eigenvalue weighted by Crippen LogP contribution is 2.28. The van der Waals surface area contributed by atoms with Gasteiger partial charge in [0, 0.05) is 31.9 Å². The number of para-hydroxylation sites is 2. The molecule has 0 spiro atoms. The first-order valence-electron chi connectivity index (χ1n) is 9.88.